The molecular weight excluding hydrogens is 596 g/mol. The zero-order valence-electron chi connectivity index (χ0n) is 22.7. The molecular formula is C31H21F6NO4S. The van der Waals surface area contributed by atoms with Gasteiger partial charge in [-0.15, -0.1) is 0 Å². The van der Waals surface area contributed by atoms with Crippen LogP contribution >= 0.6 is 11.8 Å². The number of rotatable bonds is 4. The smallest absolute Gasteiger partial charge is 0.417 e. The van der Waals surface area contributed by atoms with Crippen molar-refractivity contribution in [3.05, 3.63) is 95.1 Å². The Morgan fingerprint density at radius 2 is 0.953 bits per heavy atom. The molecule has 43 heavy (non-hydrogen) atoms. The van der Waals surface area contributed by atoms with Crippen LogP contribution in [0, 0.1) is 0 Å². The van der Waals surface area contributed by atoms with E-state index in [1.807, 2.05) is 4.90 Å². The minimum Gasteiger partial charge on any atom is -0.465 e. The summed E-state index contributed by atoms with van der Waals surface area (Å²) >= 11 is 1.31. The van der Waals surface area contributed by atoms with E-state index in [9.17, 15) is 35.9 Å². The monoisotopic (exact) mass is 617 g/mol. The van der Waals surface area contributed by atoms with Crippen molar-refractivity contribution in [2.75, 3.05) is 26.2 Å². The number of anilines is 2. The maximum atomic E-state index is 13.8. The molecule has 0 amide bonds. The van der Waals surface area contributed by atoms with Crippen molar-refractivity contribution in [2.24, 2.45) is 0 Å². The summed E-state index contributed by atoms with van der Waals surface area (Å²) in [6.07, 6.45) is -9.59. The maximum absolute atomic E-state index is 13.8. The predicted molar refractivity (Wildman–Crippen MR) is 149 cm³/mol. The van der Waals surface area contributed by atoms with E-state index in [-0.39, 0.29) is 11.1 Å². The molecule has 0 fully saturated rings. The first-order valence-corrected chi connectivity index (χ1v) is 13.3. The van der Waals surface area contributed by atoms with Gasteiger partial charge in [0.1, 0.15) is 0 Å². The number of hydrogen-bond donors (Lipinski definition) is 0. The zero-order chi connectivity index (χ0) is 31.3. The van der Waals surface area contributed by atoms with Crippen molar-refractivity contribution in [3.63, 3.8) is 0 Å². The lowest BCUT2D eigenvalue weighted by Crippen LogP contribution is -2.15. The van der Waals surface area contributed by atoms with Crippen LogP contribution in [-0.4, -0.2) is 33.2 Å². The summed E-state index contributed by atoms with van der Waals surface area (Å²) in [7, 11) is 3.81. The van der Waals surface area contributed by atoms with E-state index in [0.29, 0.717) is 20.9 Å². The number of alkyl halides is 6. The van der Waals surface area contributed by atoms with Crippen LogP contribution in [0.1, 0.15) is 31.8 Å². The van der Waals surface area contributed by atoms with Crippen LogP contribution in [0.3, 0.4) is 0 Å². The van der Waals surface area contributed by atoms with Crippen molar-refractivity contribution in [1.29, 1.82) is 0 Å². The quantitative estimate of drug-likeness (QED) is 0.169. The molecule has 0 unspecified atom stereocenters. The SMILES string of the molecule is COC(=O)c1ccc(-c2ccc3c(c2)Sc2cc(-c4ccc(C(=O)OC)c(C(F)(F)F)c4)ccc2N3C)cc1C(F)(F)F. The van der Waals surface area contributed by atoms with Gasteiger partial charge >= 0.3 is 24.3 Å². The summed E-state index contributed by atoms with van der Waals surface area (Å²) in [5.41, 5.74) is -0.482. The molecule has 222 valence electrons. The predicted octanol–water partition coefficient (Wildman–Crippen LogP) is 8.86. The fourth-order valence-corrected chi connectivity index (χ4v) is 6.07. The molecule has 1 aliphatic rings. The number of methoxy groups -OCH3 is 2. The lowest BCUT2D eigenvalue weighted by atomic mass is 9.97. The van der Waals surface area contributed by atoms with Crippen LogP contribution in [0.4, 0.5) is 37.7 Å². The fourth-order valence-electron chi connectivity index (χ4n) is 4.85. The van der Waals surface area contributed by atoms with Gasteiger partial charge in [-0.05, 0) is 70.8 Å². The third-order valence-corrected chi connectivity index (χ3v) is 8.08. The van der Waals surface area contributed by atoms with E-state index in [1.165, 1.54) is 23.9 Å². The number of halogens is 6. The lowest BCUT2D eigenvalue weighted by Gasteiger charge is -2.30. The summed E-state index contributed by atoms with van der Waals surface area (Å²) < 4.78 is 91.6. The molecule has 0 spiro atoms. The molecule has 4 aromatic rings. The number of benzene rings is 4. The van der Waals surface area contributed by atoms with Gasteiger partial charge in [0, 0.05) is 16.8 Å². The van der Waals surface area contributed by atoms with Gasteiger partial charge in [0.2, 0.25) is 0 Å². The number of nitrogens with zero attached hydrogens (tertiary/aromatic N) is 1. The molecule has 12 heteroatoms. The summed E-state index contributed by atoms with van der Waals surface area (Å²) in [4.78, 5) is 27.1. The Morgan fingerprint density at radius 1 is 0.605 bits per heavy atom. The average Bonchev–Trinajstić information content (AvgIpc) is 2.98. The van der Waals surface area contributed by atoms with Gasteiger partial charge in [-0.25, -0.2) is 9.59 Å². The summed E-state index contributed by atoms with van der Waals surface area (Å²) in [5, 5.41) is 0. The van der Waals surface area contributed by atoms with Crippen molar-refractivity contribution in [2.45, 2.75) is 22.1 Å². The first-order valence-electron chi connectivity index (χ1n) is 12.5. The second-order valence-corrected chi connectivity index (χ2v) is 10.6. The first-order chi connectivity index (χ1) is 20.2. The molecule has 0 atom stereocenters. The molecule has 0 radical (unpaired) electrons. The van der Waals surface area contributed by atoms with Gasteiger partial charge in [-0.1, -0.05) is 36.0 Å². The number of hydrogen-bond acceptors (Lipinski definition) is 6. The van der Waals surface area contributed by atoms with E-state index < -0.39 is 46.5 Å². The molecule has 0 saturated heterocycles. The van der Waals surface area contributed by atoms with Crippen LogP contribution in [0.5, 0.6) is 0 Å². The third kappa shape index (κ3) is 5.66. The molecule has 0 saturated carbocycles. The number of esters is 2. The average molecular weight is 618 g/mol. The van der Waals surface area contributed by atoms with E-state index >= 15 is 0 Å². The van der Waals surface area contributed by atoms with Gasteiger partial charge < -0.3 is 14.4 Å². The minimum absolute atomic E-state index is 0.232. The van der Waals surface area contributed by atoms with Crippen LogP contribution < -0.4 is 4.90 Å². The normalized spacial score (nSPS) is 12.8. The fraction of sp³-hybridized carbons (Fsp3) is 0.161. The summed E-state index contributed by atoms with van der Waals surface area (Å²) in [5.74, 6) is -2.20. The van der Waals surface area contributed by atoms with Crippen LogP contribution in [-0.2, 0) is 21.8 Å². The number of carbonyl (C=O) groups excluding carboxylic acids is 2. The van der Waals surface area contributed by atoms with E-state index in [0.717, 1.165) is 49.9 Å². The molecule has 5 rings (SSSR count). The van der Waals surface area contributed by atoms with Crippen molar-refractivity contribution >= 4 is 35.1 Å². The topological polar surface area (TPSA) is 55.8 Å². The van der Waals surface area contributed by atoms with Gasteiger partial charge in [-0.2, -0.15) is 26.3 Å². The molecule has 0 N–H and O–H groups in total. The molecule has 4 aromatic carbocycles. The second-order valence-electron chi connectivity index (χ2n) is 9.53. The van der Waals surface area contributed by atoms with E-state index in [4.69, 9.17) is 0 Å². The lowest BCUT2D eigenvalue weighted by molar-refractivity contribution is -0.138. The largest absolute Gasteiger partial charge is 0.465 e. The molecule has 1 heterocycles. The molecule has 5 nitrogen and oxygen atoms in total. The summed E-state index contributed by atoms with van der Waals surface area (Å²) in [6.45, 7) is 0. The third-order valence-electron chi connectivity index (χ3n) is 6.99. The van der Waals surface area contributed by atoms with E-state index in [1.54, 1.807) is 43.4 Å². The number of carbonyl (C=O) groups is 2. The minimum atomic E-state index is -4.79. The molecule has 1 aliphatic heterocycles. The Bertz CT molecular complexity index is 1640. The second kappa shape index (κ2) is 11.0. The highest BCUT2D eigenvalue weighted by Gasteiger charge is 2.37. The van der Waals surface area contributed by atoms with Crippen LogP contribution in [0.2, 0.25) is 0 Å². The van der Waals surface area contributed by atoms with Crippen LogP contribution in [0.25, 0.3) is 22.3 Å². The molecule has 0 bridgehead atoms. The highest BCUT2D eigenvalue weighted by atomic mass is 32.2. The number of ether oxygens (including phenoxy) is 2. The zero-order valence-corrected chi connectivity index (χ0v) is 23.5. The van der Waals surface area contributed by atoms with Crippen LogP contribution in [0.15, 0.2) is 82.6 Å². The molecule has 0 aromatic heterocycles. The Morgan fingerprint density at radius 3 is 1.30 bits per heavy atom. The Labute approximate surface area is 246 Å². The Kier molecular flexibility index (Phi) is 7.68. The Balaban J connectivity index is 1.53. The Hall–Kier alpha value is -4.45. The van der Waals surface area contributed by atoms with Crippen molar-refractivity contribution < 1.29 is 45.4 Å². The molecule has 0 aliphatic carbocycles. The first kappa shape index (κ1) is 30.0. The summed E-state index contributed by atoms with van der Waals surface area (Å²) in [6, 6.07) is 17.0. The van der Waals surface area contributed by atoms with E-state index in [2.05, 4.69) is 9.47 Å². The van der Waals surface area contributed by atoms with Gasteiger partial charge in [0.25, 0.3) is 0 Å². The highest BCUT2D eigenvalue weighted by molar-refractivity contribution is 7.99. The number of fused-ring (bicyclic) bond motifs is 2. The van der Waals surface area contributed by atoms with Gasteiger partial charge in [0.05, 0.1) is 47.8 Å². The maximum Gasteiger partial charge on any atom is 0.417 e. The highest BCUT2D eigenvalue weighted by Crippen LogP contribution is 2.50. The van der Waals surface area contributed by atoms with Crippen molar-refractivity contribution in [1.82, 2.24) is 0 Å². The van der Waals surface area contributed by atoms with Gasteiger partial charge in [0.15, 0.2) is 0 Å². The van der Waals surface area contributed by atoms with Gasteiger partial charge in [-0.3, -0.25) is 0 Å². The standard InChI is InChI=1S/C31H21F6NO4S/c1-38-24-10-6-18(16-4-8-20(28(39)41-2)22(12-16)30(32,33)34)14-26(24)43-27-15-19(7-11-25(27)38)17-5-9-21(29(40)42-3)23(13-17)31(35,36)37/h4-15H,1-3H3. The van der Waals surface area contributed by atoms with Crippen molar-refractivity contribution in [3.8, 4) is 22.3 Å².